The number of anilines is 1. The molecular weight excluding hydrogens is 414 g/mol. The number of piperidine rings is 1. The summed E-state index contributed by atoms with van der Waals surface area (Å²) in [5.41, 5.74) is 1.66. The molecule has 32 heavy (non-hydrogen) atoms. The Morgan fingerprint density at radius 3 is 2.41 bits per heavy atom. The van der Waals surface area contributed by atoms with E-state index in [4.69, 9.17) is 4.99 Å². The number of amidine groups is 1. The summed E-state index contributed by atoms with van der Waals surface area (Å²) in [7, 11) is 0. The van der Waals surface area contributed by atoms with Crippen LogP contribution < -0.4 is 4.90 Å². The Hall–Kier alpha value is -2.66. The van der Waals surface area contributed by atoms with E-state index in [0.29, 0.717) is 6.54 Å². The lowest BCUT2D eigenvalue weighted by Crippen LogP contribution is -2.43. The highest BCUT2D eigenvalue weighted by molar-refractivity contribution is 7.21. The minimum atomic E-state index is -0.737. The number of thiophene rings is 1. The summed E-state index contributed by atoms with van der Waals surface area (Å²) >= 11 is 1.78. The van der Waals surface area contributed by atoms with Gasteiger partial charge in [-0.15, -0.1) is 11.3 Å². The number of carbonyl (C=O) groups is 1. The summed E-state index contributed by atoms with van der Waals surface area (Å²) in [6, 6.07) is 18.9. The zero-order chi connectivity index (χ0) is 22.3. The van der Waals surface area contributed by atoms with Gasteiger partial charge in [0.05, 0.1) is 17.1 Å². The molecular formula is C27H31N3OS. The molecule has 1 saturated heterocycles. The van der Waals surface area contributed by atoms with Gasteiger partial charge in [0.25, 0.3) is 5.91 Å². The lowest BCUT2D eigenvalue weighted by atomic mass is 9.89. The molecule has 1 atom stereocenters. The fourth-order valence-corrected chi connectivity index (χ4v) is 6.00. The molecule has 1 amide bonds. The average molecular weight is 446 g/mol. The summed E-state index contributed by atoms with van der Waals surface area (Å²) in [4.78, 5) is 24.5. The lowest BCUT2D eigenvalue weighted by Gasteiger charge is -2.30. The van der Waals surface area contributed by atoms with E-state index in [1.54, 1.807) is 11.3 Å². The van der Waals surface area contributed by atoms with Gasteiger partial charge in [0.15, 0.2) is 5.84 Å². The van der Waals surface area contributed by atoms with Gasteiger partial charge in [-0.2, -0.15) is 0 Å². The largest absolute Gasteiger partial charge is 0.370 e. The maximum absolute atomic E-state index is 13.8. The normalized spacial score (nSPS) is 21.6. The van der Waals surface area contributed by atoms with Gasteiger partial charge in [-0.3, -0.25) is 9.69 Å². The molecule has 0 spiro atoms. The summed E-state index contributed by atoms with van der Waals surface area (Å²) in [5.74, 6) is 1.07. The van der Waals surface area contributed by atoms with Crippen molar-refractivity contribution in [3.8, 4) is 0 Å². The van der Waals surface area contributed by atoms with Crippen LogP contribution in [0.2, 0.25) is 0 Å². The van der Waals surface area contributed by atoms with E-state index < -0.39 is 5.54 Å². The van der Waals surface area contributed by atoms with Crippen molar-refractivity contribution in [1.82, 2.24) is 4.90 Å². The van der Waals surface area contributed by atoms with Crippen LogP contribution in [0.1, 0.15) is 50.5 Å². The SMILES string of the molecule is CC(C)C1(C)N=C(c2sc3ccccc3c2N2CCCCC2)N(Cc2ccccc2)C1=O. The Labute approximate surface area is 194 Å². The molecule has 2 aromatic carbocycles. The highest BCUT2D eigenvalue weighted by Crippen LogP contribution is 2.43. The minimum absolute atomic E-state index is 0.105. The molecule has 1 aromatic heterocycles. The summed E-state index contributed by atoms with van der Waals surface area (Å²) in [6.07, 6.45) is 3.72. The van der Waals surface area contributed by atoms with E-state index in [9.17, 15) is 4.79 Å². The van der Waals surface area contributed by atoms with Crippen LogP contribution in [0.5, 0.6) is 0 Å². The number of carbonyl (C=O) groups excluding carboxylic acids is 1. The Balaban J connectivity index is 1.67. The fraction of sp³-hybridized carbons (Fsp3) is 0.407. The molecule has 0 aliphatic carbocycles. The molecule has 3 heterocycles. The molecule has 0 N–H and O–H groups in total. The number of hydrogen-bond donors (Lipinski definition) is 0. The van der Waals surface area contributed by atoms with E-state index in [1.165, 1.54) is 35.0 Å². The molecule has 4 nitrogen and oxygen atoms in total. The highest BCUT2D eigenvalue weighted by atomic mass is 32.1. The minimum Gasteiger partial charge on any atom is -0.370 e. The second-order valence-corrected chi connectivity index (χ2v) is 10.5. The van der Waals surface area contributed by atoms with Crippen LogP contribution in [0.4, 0.5) is 5.69 Å². The number of hydrogen-bond acceptors (Lipinski definition) is 4. The molecule has 3 aromatic rings. The van der Waals surface area contributed by atoms with Crippen LogP contribution in [0.25, 0.3) is 10.1 Å². The predicted octanol–water partition coefficient (Wildman–Crippen LogP) is 6.10. The zero-order valence-corrected chi connectivity index (χ0v) is 20.0. The molecule has 0 radical (unpaired) electrons. The monoisotopic (exact) mass is 445 g/mol. The average Bonchev–Trinajstić information content (AvgIpc) is 3.32. The molecule has 2 aliphatic heterocycles. The first-order valence-corrected chi connectivity index (χ1v) is 12.5. The summed E-state index contributed by atoms with van der Waals surface area (Å²) in [6.45, 7) is 8.88. The Bertz CT molecular complexity index is 1160. The second kappa shape index (κ2) is 8.36. The molecule has 166 valence electrons. The second-order valence-electron chi connectivity index (χ2n) is 9.44. The standard InChI is InChI=1S/C27H31N3OS/c1-19(2)27(3)26(31)30(18-20-12-6-4-7-13-20)25(28-27)24-23(29-16-10-5-11-17-29)21-14-8-9-15-22(21)32-24/h4,6-9,12-15,19H,5,10-11,16-18H2,1-3H3. The maximum Gasteiger partial charge on any atom is 0.256 e. The number of rotatable bonds is 5. The van der Waals surface area contributed by atoms with E-state index in [1.807, 2.05) is 30.0 Å². The van der Waals surface area contributed by atoms with Crippen molar-refractivity contribution in [2.45, 2.75) is 52.1 Å². The molecule has 5 rings (SSSR count). The first-order valence-electron chi connectivity index (χ1n) is 11.7. The Morgan fingerprint density at radius 1 is 1.00 bits per heavy atom. The predicted molar refractivity (Wildman–Crippen MR) is 135 cm³/mol. The molecule has 0 bridgehead atoms. The van der Waals surface area contributed by atoms with Crippen molar-refractivity contribution >= 4 is 38.9 Å². The smallest absolute Gasteiger partial charge is 0.256 e. The van der Waals surface area contributed by atoms with Gasteiger partial charge < -0.3 is 4.90 Å². The molecule has 5 heteroatoms. The Kier molecular flexibility index (Phi) is 5.54. The van der Waals surface area contributed by atoms with Crippen LogP contribution >= 0.6 is 11.3 Å². The third kappa shape index (κ3) is 3.53. The van der Waals surface area contributed by atoms with Crippen LogP contribution in [0.15, 0.2) is 59.6 Å². The third-order valence-corrected chi connectivity index (χ3v) is 8.18. The topological polar surface area (TPSA) is 35.9 Å². The number of benzene rings is 2. The van der Waals surface area contributed by atoms with Gasteiger partial charge in [0.2, 0.25) is 0 Å². The summed E-state index contributed by atoms with van der Waals surface area (Å²) in [5, 5.41) is 1.28. The van der Waals surface area contributed by atoms with E-state index in [0.717, 1.165) is 29.4 Å². The van der Waals surface area contributed by atoms with Gasteiger partial charge in [0.1, 0.15) is 5.54 Å². The number of fused-ring (bicyclic) bond motifs is 1. The van der Waals surface area contributed by atoms with Crippen molar-refractivity contribution < 1.29 is 4.79 Å². The summed E-state index contributed by atoms with van der Waals surface area (Å²) < 4.78 is 1.26. The van der Waals surface area contributed by atoms with E-state index in [2.05, 4.69) is 55.1 Å². The van der Waals surface area contributed by atoms with Gasteiger partial charge in [-0.1, -0.05) is 62.4 Å². The van der Waals surface area contributed by atoms with Crippen molar-refractivity contribution in [3.05, 3.63) is 65.0 Å². The van der Waals surface area contributed by atoms with Crippen LogP contribution in [-0.4, -0.2) is 35.3 Å². The fourth-order valence-electron chi connectivity index (χ4n) is 4.77. The molecule has 1 fully saturated rings. The van der Waals surface area contributed by atoms with Gasteiger partial charge in [-0.05, 0) is 43.7 Å². The van der Waals surface area contributed by atoms with E-state index >= 15 is 0 Å². The third-order valence-electron chi connectivity index (χ3n) is 7.02. The number of amides is 1. The maximum atomic E-state index is 13.8. The van der Waals surface area contributed by atoms with Crippen molar-refractivity contribution in [2.75, 3.05) is 18.0 Å². The van der Waals surface area contributed by atoms with E-state index in [-0.39, 0.29) is 11.8 Å². The lowest BCUT2D eigenvalue weighted by molar-refractivity contribution is -0.132. The van der Waals surface area contributed by atoms with Crippen LogP contribution in [0.3, 0.4) is 0 Å². The zero-order valence-electron chi connectivity index (χ0n) is 19.2. The van der Waals surface area contributed by atoms with Gasteiger partial charge in [-0.25, -0.2) is 4.99 Å². The first-order chi connectivity index (χ1) is 15.5. The van der Waals surface area contributed by atoms with Crippen molar-refractivity contribution in [2.24, 2.45) is 10.9 Å². The number of nitrogens with zero attached hydrogens (tertiary/aromatic N) is 3. The Morgan fingerprint density at radius 2 is 1.69 bits per heavy atom. The number of aliphatic imine (C=N–C) groups is 1. The quantitative estimate of drug-likeness (QED) is 0.476. The highest BCUT2D eigenvalue weighted by Gasteiger charge is 2.48. The van der Waals surface area contributed by atoms with Crippen molar-refractivity contribution in [1.29, 1.82) is 0 Å². The first kappa shape index (κ1) is 21.2. The molecule has 1 unspecified atom stereocenters. The van der Waals surface area contributed by atoms with Gasteiger partial charge >= 0.3 is 0 Å². The van der Waals surface area contributed by atoms with Crippen LogP contribution in [0, 0.1) is 5.92 Å². The van der Waals surface area contributed by atoms with Gasteiger partial charge in [0, 0.05) is 23.2 Å². The van der Waals surface area contributed by atoms with Crippen molar-refractivity contribution in [3.63, 3.8) is 0 Å². The van der Waals surface area contributed by atoms with Crippen LogP contribution in [-0.2, 0) is 11.3 Å². The molecule has 0 saturated carbocycles. The molecule has 2 aliphatic rings.